The van der Waals surface area contributed by atoms with Crippen LogP contribution in [0, 0.1) is 0 Å². The molecule has 0 unspecified atom stereocenters. The molecule has 0 aliphatic carbocycles. The van der Waals surface area contributed by atoms with Crippen LogP contribution in [0.15, 0.2) is 28.8 Å². The van der Waals surface area contributed by atoms with Gasteiger partial charge in [0, 0.05) is 11.4 Å². The summed E-state index contributed by atoms with van der Waals surface area (Å²) in [5.74, 6) is -0.730. The maximum Gasteiger partial charge on any atom is 0.303 e. The van der Waals surface area contributed by atoms with Crippen LogP contribution in [-0.4, -0.2) is 16.2 Å². The zero-order valence-electron chi connectivity index (χ0n) is 9.39. The lowest BCUT2D eigenvalue weighted by molar-refractivity contribution is -0.136. The third-order valence-electron chi connectivity index (χ3n) is 2.48. The van der Waals surface area contributed by atoms with Crippen molar-refractivity contribution in [3.63, 3.8) is 0 Å². The molecule has 94 valence electrons. The molecule has 0 atom stereocenters. The summed E-state index contributed by atoms with van der Waals surface area (Å²) in [6.07, 6.45) is 0.234. The molecule has 0 saturated heterocycles. The molecule has 3 N–H and O–H groups in total. The van der Waals surface area contributed by atoms with Crippen molar-refractivity contribution >= 4 is 23.5 Å². The number of carboxylic acids is 1. The Morgan fingerprint density at radius 1 is 1.50 bits per heavy atom. The van der Waals surface area contributed by atoms with Crippen LogP contribution in [-0.2, 0) is 11.2 Å². The molecule has 1 heterocycles. The van der Waals surface area contributed by atoms with E-state index in [0.717, 1.165) is 5.56 Å². The Morgan fingerprint density at radius 3 is 2.94 bits per heavy atom. The first-order chi connectivity index (χ1) is 8.58. The van der Waals surface area contributed by atoms with Crippen molar-refractivity contribution in [3.8, 4) is 11.1 Å². The molecule has 0 amide bonds. The van der Waals surface area contributed by atoms with E-state index in [2.05, 4.69) is 5.16 Å². The van der Waals surface area contributed by atoms with Gasteiger partial charge in [-0.2, -0.15) is 0 Å². The summed E-state index contributed by atoms with van der Waals surface area (Å²) in [6, 6.07) is 7.07. The fourth-order valence-corrected chi connectivity index (χ4v) is 1.88. The first-order valence-corrected chi connectivity index (χ1v) is 5.67. The van der Waals surface area contributed by atoms with Crippen molar-refractivity contribution in [1.82, 2.24) is 5.16 Å². The molecule has 0 bridgehead atoms. The maximum absolute atomic E-state index is 10.6. The Labute approximate surface area is 108 Å². The average molecular weight is 267 g/mol. The number of hydrogen-bond donors (Lipinski definition) is 2. The number of hydrogen-bond acceptors (Lipinski definition) is 4. The molecule has 2 aromatic rings. The van der Waals surface area contributed by atoms with E-state index in [1.807, 2.05) is 6.07 Å². The zero-order valence-corrected chi connectivity index (χ0v) is 10.1. The lowest BCUT2D eigenvalue weighted by Gasteiger charge is -2.02. The third-order valence-corrected chi connectivity index (χ3v) is 2.71. The molecule has 6 heteroatoms. The number of rotatable bonds is 4. The van der Waals surface area contributed by atoms with E-state index in [4.69, 9.17) is 27.0 Å². The van der Waals surface area contributed by atoms with Crippen LogP contribution in [0.2, 0.25) is 5.02 Å². The number of aliphatic carboxylic acids is 1. The lowest BCUT2D eigenvalue weighted by Crippen LogP contribution is -1.99. The number of anilines is 1. The van der Waals surface area contributed by atoms with Crippen LogP contribution in [0.5, 0.6) is 0 Å². The van der Waals surface area contributed by atoms with Gasteiger partial charge in [-0.25, -0.2) is 0 Å². The van der Waals surface area contributed by atoms with Crippen molar-refractivity contribution in [2.24, 2.45) is 0 Å². The molecular formula is C12H11ClN2O3. The van der Waals surface area contributed by atoms with Crippen LogP contribution in [0.25, 0.3) is 11.1 Å². The molecular weight excluding hydrogens is 256 g/mol. The van der Waals surface area contributed by atoms with Crippen molar-refractivity contribution in [2.75, 3.05) is 5.73 Å². The molecule has 0 aliphatic rings. The normalized spacial score (nSPS) is 10.5. The van der Waals surface area contributed by atoms with Crippen LogP contribution in [0.3, 0.4) is 0 Å². The minimum absolute atomic E-state index is 0.0282. The molecule has 0 saturated carbocycles. The summed E-state index contributed by atoms with van der Waals surface area (Å²) in [6.45, 7) is 0. The monoisotopic (exact) mass is 266 g/mol. The third kappa shape index (κ3) is 2.62. The van der Waals surface area contributed by atoms with E-state index in [1.54, 1.807) is 18.2 Å². The molecule has 2 rings (SSSR count). The number of halogens is 1. The Hall–Kier alpha value is -2.01. The Balaban J connectivity index is 2.37. The Bertz CT molecular complexity index is 580. The summed E-state index contributed by atoms with van der Waals surface area (Å²) >= 11 is 5.91. The molecule has 5 nitrogen and oxygen atoms in total. The van der Waals surface area contributed by atoms with E-state index in [9.17, 15) is 4.79 Å². The minimum Gasteiger partial charge on any atom is -0.481 e. The number of nitrogens with zero attached hydrogens (tertiary/aromatic N) is 1. The SMILES string of the molecule is Nc1onc(CCC(=O)O)c1-c1cccc(Cl)c1. The second-order valence-electron chi connectivity index (χ2n) is 3.77. The summed E-state index contributed by atoms with van der Waals surface area (Å²) in [5.41, 5.74) is 7.61. The number of carbonyl (C=O) groups is 1. The topological polar surface area (TPSA) is 89.4 Å². The van der Waals surface area contributed by atoms with Crippen LogP contribution >= 0.6 is 11.6 Å². The average Bonchev–Trinajstić information content (AvgIpc) is 2.68. The number of nitrogen functional groups attached to an aromatic ring is 1. The highest BCUT2D eigenvalue weighted by Crippen LogP contribution is 2.31. The molecule has 1 aromatic carbocycles. The van der Waals surface area contributed by atoms with Gasteiger partial charge < -0.3 is 15.4 Å². The highest BCUT2D eigenvalue weighted by atomic mass is 35.5. The molecule has 0 spiro atoms. The summed E-state index contributed by atoms with van der Waals surface area (Å²) in [7, 11) is 0. The fourth-order valence-electron chi connectivity index (χ4n) is 1.69. The first kappa shape index (κ1) is 12.4. The van der Waals surface area contributed by atoms with E-state index in [0.29, 0.717) is 16.3 Å². The van der Waals surface area contributed by atoms with Crippen LogP contribution in [0.4, 0.5) is 5.88 Å². The Morgan fingerprint density at radius 2 is 2.28 bits per heavy atom. The van der Waals surface area contributed by atoms with Gasteiger partial charge >= 0.3 is 5.97 Å². The van der Waals surface area contributed by atoms with Gasteiger partial charge in [-0.05, 0) is 17.7 Å². The van der Waals surface area contributed by atoms with Crippen LogP contribution in [0.1, 0.15) is 12.1 Å². The summed E-state index contributed by atoms with van der Waals surface area (Å²) < 4.78 is 4.91. The van der Waals surface area contributed by atoms with E-state index < -0.39 is 5.97 Å². The zero-order chi connectivity index (χ0) is 13.1. The van der Waals surface area contributed by atoms with E-state index in [1.165, 1.54) is 0 Å². The maximum atomic E-state index is 10.6. The molecule has 0 aliphatic heterocycles. The van der Waals surface area contributed by atoms with Gasteiger partial charge in [-0.15, -0.1) is 0 Å². The predicted molar refractivity (Wildman–Crippen MR) is 67.3 cm³/mol. The highest BCUT2D eigenvalue weighted by Gasteiger charge is 2.16. The highest BCUT2D eigenvalue weighted by molar-refractivity contribution is 6.30. The minimum atomic E-state index is -0.895. The van der Waals surface area contributed by atoms with Gasteiger partial charge in [-0.1, -0.05) is 28.9 Å². The molecule has 0 radical (unpaired) electrons. The number of aromatic nitrogens is 1. The predicted octanol–water partition coefficient (Wildman–Crippen LogP) is 2.59. The number of benzene rings is 1. The molecule has 1 aromatic heterocycles. The van der Waals surface area contributed by atoms with Crippen molar-refractivity contribution in [2.45, 2.75) is 12.8 Å². The smallest absolute Gasteiger partial charge is 0.303 e. The lowest BCUT2D eigenvalue weighted by atomic mass is 10.0. The van der Waals surface area contributed by atoms with Gasteiger partial charge in [-0.3, -0.25) is 4.79 Å². The van der Waals surface area contributed by atoms with Crippen LogP contribution < -0.4 is 5.73 Å². The van der Waals surface area contributed by atoms with Crippen molar-refractivity contribution in [1.29, 1.82) is 0 Å². The summed E-state index contributed by atoms with van der Waals surface area (Å²) in [4.78, 5) is 10.6. The van der Waals surface area contributed by atoms with Gasteiger partial charge in [0.1, 0.15) is 0 Å². The fraction of sp³-hybridized carbons (Fsp3) is 0.167. The molecule has 0 fully saturated rings. The second-order valence-corrected chi connectivity index (χ2v) is 4.21. The van der Waals surface area contributed by atoms with Crippen molar-refractivity contribution in [3.05, 3.63) is 35.0 Å². The number of nitrogens with two attached hydrogens (primary N) is 1. The number of aryl methyl sites for hydroxylation is 1. The quantitative estimate of drug-likeness (QED) is 0.888. The second kappa shape index (κ2) is 5.10. The van der Waals surface area contributed by atoms with Crippen molar-refractivity contribution < 1.29 is 14.4 Å². The van der Waals surface area contributed by atoms with E-state index >= 15 is 0 Å². The van der Waals surface area contributed by atoms with Gasteiger partial charge in [0.25, 0.3) is 0 Å². The standard InChI is InChI=1S/C12H11ClN2O3/c13-8-3-1-2-7(6-8)11-9(4-5-10(16)17)15-18-12(11)14/h1-3,6H,4-5,14H2,(H,16,17). The molecule has 18 heavy (non-hydrogen) atoms. The van der Waals surface area contributed by atoms with E-state index in [-0.39, 0.29) is 18.7 Å². The summed E-state index contributed by atoms with van der Waals surface area (Å²) in [5, 5.41) is 13.0. The first-order valence-electron chi connectivity index (χ1n) is 5.29. The van der Waals surface area contributed by atoms with Gasteiger partial charge in [0.2, 0.25) is 5.88 Å². The van der Waals surface area contributed by atoms with Gasteiger partial charge in [0.15, 0.2) is 0 Å². The van der Waals surface area contributed by atoms with Gasteiger partial charge in [0.05, 0.1) is 17.7 Å². The Kier molecular flexibility index (Phi) is 3.53. The number of carboxylic acid groups (broad SMARTS) is 1. The largest absolute Gasteiger partial charge is 0.481 e.